The van der Waals surface area contributed by atoms with Crippen LogP contribution in [0, 0.1) is 5.92 Å². The van der Waals surface area contributed by atoms with E-state index in [0.717, 1.165) is 5.56 Å². The maximum absolute atomic E-state index is 13.8. The number of ether oxygens (including phenoxy) is 2. The van der Waals surface area contributed by atoms with E-state index < -0.39 is 43.4 Å². The summed E-state index contributed by atoms with van der Waals surface area (Å²) >= 11 is 0. The van der Waals surface area contributed by atoms with Crippen LogP contribution in [-0.4, -0.2) is 73.4 Å². The molecule has 1 saturated heterocycles. The first-order valence-corrected chi connectivity index (χ1v) is 14.9. The number of hydrogen-bond acceptors (Lipinski definition) is 7. The van der Waals surface area contributed by atoms with Crippen LogP contribution in [0.15, 0.2) is 24.3 Å². The third kappa shape index (κ3) is 4.75. The molecule has 8 nitrogen and oxygen atoms in total. The number of benzene rings is 1. The average Bonchev–Trinajstić information content (AvgIpc) is 2.95. The third-order valence-electron chi connectivity index (χ3n) is 7.53. The van der Waals surface area contributed by atoms with Crippen molar-refractivity contribution in [2.24, 2.45) is 5.92 Å². The molecule has 0 saturated carbocycles. The van der Waals surface area contributed by atoms with Crippen molar-refractivity contribution in [2.75, 3.05) is 20.8 Å². The Morgan fingerprint density at radius 2 is 1.79 bits per heavy atom. The van der Waals surface area contributed by atoms with E-state index in [1.165, 1.54) is 18.9 Å². The number of carbonyl (C=O) groups is 2. The van der Waals surface area contributed by atoms with Gasteiger partial charge in [-0.2, -0.15) is 0 Å². The predicted molar refractivity (Wildman–Crippen MR) is 132 cm³/mol. The molecule has 2 rings (SSSR count). The first kappa shape index (κ1) is 28.3. The number of hydrogen-bond donors (Lipinski definition) is 2. The Morgan fingerprint density at radius 1 is 1.21 bits per heavy atom. The Balaban J connectivity index is 2.74. The molecule has 192 valence electrons. The molecule has 1 aliphatic rings. The molecule has 1 aromatic rings. The van der Waals surface area contributed by atoms with Gasteiger partial charge in [0, 0.05) is 13.2 Å². The molecular formula is C25H41NO7Si. The number of esters is 1. The number of nitrogens with zero attached hydrogens (tertiary/aromatic N) is 1. The molecule has 9 heteroatoms. The molecular weight excluding hydrogens is 454 g/mol. The molecule has 1 aromatic carbocycles. The molecule has 34 heavy (non-hydrogen) atoms. The highest BCUT2D eigenvalue weighted by molar-refractivity contribution is 6.72. The lowest BCUT2D eigenvalue weighted by Crippen LogP contribution is -2.71. The Hall–Kier alpha value is -1.94. The van der Waals surface area contributed by atoms with Crippen LogP contribution in [0.4, 0.5) is 0 Å². The lowest BCUT2D eigenvalue weighted by molar-refractivity contribution is -0.185. The van der Waals surface area contributed by atoms with Gasteiger partial charge in [0.15, 0.2) is 13.9 Å². The molecule has 1 aliphatic heterocycles. The number of likely N-dealkylation sites (tertiary alicyclic amines) is 1. The summed E-state index contributed by atoms with van der Waals surface area (Å²) < 4.78 is 17.2. The van der Waals surface area contributed by atoms with Crippen molar-refractivity contribution in [3.63, 3.8) is 0 Å². The van der Waals surface area contributed by atoms with Crippen LogP contribution in [0.3, 0.4) is 0 Å². The van der Waals surface area contributed by atoms with Crippen molar-refractivity contribution < 1.29 is 33.7 Å². The molecule has 1 amide bonds. The highest BCUT2D eigenvalue weighted by atomic mass is 28.4. The zero-order valence-electron chi connectivity index (χ0n) is 21.8. The van der Waals surface area contributed by atoms with Crippen molar-refractivity contribution >= 4 is 20.2 Å². The minimum absolute atomic E-state index is 0.0190. The minimum atomic E-state index is -2.32. The van der Waals surface area contributed by atoms with Gasteiger partial charge in [-0.1, -0.05) is 32.9 Å². The van der Waals surface area contributed by atoms with E-state index in [1.807, 2.05) is 19.1 Å². The number of aliphatic hydroxyl groups is 2. The predicted octanol–water partition coefficient (Wildman–Crippen LogP) is 3.11. The summed E-state index contributed by atoms with van der Waals surface area (Å²) in [6.45, 7) is 11.4. The fourth-order valence-electron chi connectivity index (χ4n) is 4.86. The lowest BCUT2D eigenvalue weighted by atomic mass is 9.71. The molecule has 4 atom stereocenters. The summed E-state index contributed by atoms with van der Waals surface area (Å²) in [5, 5.41) is 21.7. The normalized spacial score (nSPS) is 26.1. The fraction of sp³-hybridized carbons (Fsp3) is 0.680. The van der Waals surface area contributed by atoms with Crippen LogP contribution in [0.5, 0.6) is 5.75 Å². The van der Waals surface area contributed by atoms with Gasteiger partial charge in [-0.15, -0.1) is 0 Å². The van der Waals surface area contributed by atoms with Gasteiger partial charge in [-0.05, 0) is 56.1 Å². The van der Waals surface area contributed by atoms with E-state index in [4.69, 9.17) is 13.9 Å². The van der Waals surface area contributed by atoms with E-state index in [2.05, 4.69) is 26.9 Å². The second-order valence-electron chi connectivity index (χ2n) is 10.0. The van der Waals surface area contributed by atoms with Gasteiger partial charge in [-0.25, -0.2) is 4.79 Å². The molecule has 0 radical (unpaired) electrons. The Morgan fingerprint density at radius 3 is 2.24 bits per heavy atom. The standard InChI is InChI=1S/C25H41NO7Si/c1-9-21(33-34(7,8)17(2)3)25(23(29)32-6)24(4,30)20(14-15-27)22(28)26(25)16-18-10-12-19(31-5)13-11-18/h10-13,17,20-21,27,30H,9,14-16H2,1-8H3/t20?,21-,24-,25-/m0/s1. The van der Waals surface area contributed by atoms with Crippen LogP contribution in [0.2, 0.25) is 18.6 Å². The highest BCUT2D eigenvalue weighted by Gasteiger charge is 2.73. The van der Waals surface area contributed by atoms with E-state index in [0.29, 0.717) is 12.2 Å². The molecule has 0 aromatic heterocycles. The molecule has 0 bridgehead atoms. The smallest absolute Gasteiger partial charge is 0.337 e. The van der Waals surface area contributed by atoms with Crippen molar-refractivity contribution in [1.82, 2.24) is 4.90 Å². The summed E-state index contributed by atoms with van der Waals surface area (Å²) in [4.78, 5) is 28.9. The fourth-order valence-corrected chi connectivity index (χ4v) is 6.20. The second-order valence-corrected chi connectivity index (χ2v) is 14.6. The van der Waals surface area contributed by atoms with Crippen LogP contribution in [-0.2, 0) is 25.3 Å². The van der Waals surface area contributed by atoms with Gasteiger partial charge >= 0.3 is 5.97 Å². The molecule has 0 aliphatic carbocycles. The quantitative estimate of drug-likeness (QED) is 0.359. The number of rotatable bonds is 11. The van der Waals surface area contributed by atoms with Gasteiger partial charge in [-0.3, -0.25) is 4.79 Å². The van der Waals surface area contributed by atoms with Crippen LogP contribution in [0.1, 0.15) is 46.1 Å². The van der Waals surface area contributed by atoms with Crippen molar-refractivity contribution in [2.45, 2.75) is 83.0 Å². The van der Waals surface area contributed by atoms with Crippen molar-refractivity contribution in [1.29, 1.82) is 0 Å². The van der Waals surface area contributed by atoms with Crippen LogP contribution >= 0.6 is 0 Å². The van der Waals surface area contributed by atoms with Crippen LogP contribution < -0.4 is 4.74 Å². The maximum Gasteiger partial charge on any atom is 0.337 e. The third-order valence-corrected chi connectivity index (χ3v) is 11.2. The van der Waals surface area contributed by atoms with Crippen molar-refractivity contribution in [3.8, 4) is 5.75 Å². The Bertz CT molecular complexity index is 855. The van der Waals surface area contributed by atoms with Crippen molar-refractivity contribution in [3.05, 3.63) is 29.8 Å². The zero-order chi connectivity index (χ0) is 25.9. The topological polar surface area (TPSA) is 106 Å². The Labute approximate surface area is 204 Å². The zero-order valence-corrected chi connectivity index (χ0v) is 22.8. The number of amides is 1. The number of methoxy groups -OCH3 is 2. The van der Waals surface area contributed by atoms with Gasteiger partial charge in [0.1, 0.15) is 11.4 Å². The van der Waals surface area contributed by atoms with E-state index in [-0.39, 0.29) is 25.1 Å². The summed E-state index contributed by atoms with van der Waals surface area (Å²) in [6, 6.07) is 7.19. The second kappa shape index (κ2) is 10.8. The van der Waals surface area contributed by atoms with Gasteiger partial charge < -0.3 is 29.0 Å². The lowest BCUT2D eigenvalue weighted by Gasteiger charge is -2.50. The maximum atomic E-state index is 13.8. The molecule has 1 unspecified atom stereocenters. The van der Waals surface area contributed by atoms with E-state index in [1.54, 1.807) is 19.2 Å². The minimum Gasteiger partial charge on any atom is -0.497 e. The first-order chi connectivity index (χ1) is 15.8. The van der Waals surface area contributed by atoms with E-state index in [9.17, 15) is 19.8 Å². The summed E-state index contributed by atoms with van der Waals surface area (Å²) in [5.74, 6) is -1.46. The summed E-state index contributed by atoms with van der Waals surface area (Å²) in [6.07, 6.45) is -0.400. The summed E-state index contributed by atoms with van der Waals surface area (Å²) in [7, 11) is 0.508. The summed E-state index contributed by atoms with van der Waals surface area (Å²) in [5.41, 5.74) is -2.62. The molecule has 1 heterocycles. The first-order valence-electron chi connectivity index (χ1n) is 11.9. The monoisotopic (exact) mass is 495 g/mol. The highest BCUT2D eigenvalue weighted by Crippen LogP contribution is 2.50. The van der Waals surface area contributed by atoms with Gasteiger partial charge in [0.05, 0.1) is 26.2 Å². The molecule has 1 fully saturated rings. The largest absolute Gasteiger partial charge is 0.497 e. The van der Waals surface area contributed by atoms with E-state index >= 15 is 0 Å². The van der Waals surface area contributed by atoms with Gasteiger partial charge in [0.2, 0.25) is 5.91 Å². The average molecular weight is 496 g/mol. The SMILES string of the molecule is CC[C@H](O[Si](C)(C)C(C)C)[C@@]1(C(=O)OC)N(Cc2ccc(OC)cc2)C(=O)C(CCO)[C@]1(C)O. The molecule has 0 spiro atoms. The van der Waals surface area contributed by atoms with Gasteiger partial charge in [0.25, 0.3) is 0 Å². The number of carbonyl (C=O) groups excluding carboxylic acids is 2. The Kier molecular flexibility index (Phi) is 8.96. The number of aliphatic hydroxyl groups excluding tert-OH is 1. The van der Waals surface area contributed by atoms with Crippen LogP contribution in [0.25, 0.3) is 0 Å². The molecule has 2 N–H and O–H groups in total.